The summed E-state index contributed by atoms with van der Waals surface area (Å²) in [5.41, 5.74) is 1.47. The Balaban J connectivity index is 1.89. The number of rotatable bonds is 4. The minimum absolute atomic E-state index is 0.0735. The summed E-state index contributed by atoms with van der Waals surface area (Å²) >= 11 is 6.08. The van der Waals surface area contributed by atoms with Gasteiger partial charge in [0.05, 0.1) is 23.9 Å². The van der Waals surface area contributed by atoms with Gasteiger partial charge in [0, 0.05) is 19.1 Å². The molecule has 0 aromatic heterocycles. The Kier molecular flexibility index (Phi) is 5.35. The molecule has 1 fully saturated rings. The van der Waals surface area contributed by atoms with Crippen molar-refractivity contribution >= 4 is 17.3 Å². The first-order valence-electron chi connectivity index (χ1n) is 6.82. The van der Waals surface area contributed by atoms with Crippen molar-refractivity contribution in [1.29, 1.82) is 0 Å². The smallest absolute Gasteiger partial charge is 0.392 e. The largest absolute Gasteiger partial charge is 0.401 e. The average molecular weight is 323 g/mol. The summed E-state index contributed by atoms with van der Waals surface area (Å²) in [7, 11) is 0. The van der Waals surface area contributed by atoms with Gasteiger partial charge in [0.1, 0.15) is 0 Å². The van der Waals surface area contributed by atoms with Crippen LogP contribution in [0.2, 0.25) is 5.02 Å². The number of hydrogen-bond acceptors (Lipinski definition) is 3. The Morgan fingerprint density at radius 2 is 1.95 bits per heavy atom. The van der Waals surface area contributed by atoms with E-state index in [1.807, 2.05) is 0 Å². The maximum atomic E-state index is 12.3. The summed E-state index contributed by atoms with van der Waals surface area (Å²) in [5.74, 6) is 0. The van der Waals surface area contributed by atoms with E-state index in [1.54, 1.807) is 18.2 Å². The molecule has 7 heteroatoms. The molecule has 0 spiro atoms. The molecule has 2 N–H and O–H groups in total. The topological polar surface area (TPSA) is 35.5 Å². The second-order valence-corrected chi connectivity index (χ2v) is 5.69. The molecule has 1 aromatic carbocycles. The number of aliphatic hydroxyl groups is 1. The lowest BCUT2D eigenvalue weighted by molar-refractivity contribution is -0.147. The van der Waals surface area contributed by atoms with Crippen LogP contribution in [-0.2, 0) is 6.61 Å². The predicted molar refractivity (Wildman–Crippen MR) is 76.5 cm³/mol. The predicted octanol–water partition coefficient (Wildman–Crippen LogP) is 3.27. The van der Waals surface area contributed by atoms with Gasteiger partial charge in [0.2, 0.25) is 0 Å². The zero-order valence-corrected chi connectivity index (χ0v) is 12.2. The van der Waals surface area contributed by atoms with Gasteiger partial charge in [0.15, 0.2) is 0 Å². The van der Waals surface area contributed by atoms with E-state index in [2.05, 4.69) is 5.32 Å². The van der Waals surface area contributed by atoms with Crippen LogP contribution in [0, 0.1) is 0 Å². The molecule has 1 aliphatic heterocycles. The molecule has 0 amide bonds. The van der Waals surface area contributed by atoms with Gasteiger partial charge < -0.3 is 10.4 Å². The number of piperidine rings is 1. The highest BCUT2D eigenvalue weighted by Gasteiger charge is 2.32. The lowest BCUT2D eigenvalue weighted by Gasteiger charge is -2.33. The fraction of sp³-hybridized carbons (Fsp3) is 0.571. The third-order valence-electron chi connectivity index (χ3n) is 3.56. The van der Waals surface area contributed by atoms with Crippen molar-refractivity contribution in [2.75, 3.05) is 25.0 Å². The first-order valence-corrected chi connectivity index (χ1v) is 7.20. The summed E-state index contributed by atoms with van der Waals surface area (Å²) < 4.78 is 37.0. The van der Waals surface area contributed by atoms with Gasteiger partial charge in [-0.05, 0) is 30.5 Å². The zero-order chi connectivity index (χ0) is 15.5. The molecule has 0 atom stereocenters. The number of nitrogens with one attached hydrogen (secondary N) is 1. The van der Waals surface area contributed by atoms with E-state index in [9.17, 15) is 13.2 Å². The summed E-state index contributed by atoms with van der Waals surface area (Å²) in [6.45, 7) is -0.0979. The van der Waals surface area contributed by atoms with Crippen molar-refractivity contribution in [3.05, 3.63) is 28.8 Å². The van der Waals surface area contributed by atoms with E-state index in [0.29, 0.717) is 31.0 Å². The number of likely N-dealkylation sites (tertiary alicyclic amines) is 1. The van der Waals surface area contributed by atoms with E-state index in [-0.39, 0.29) is 12.6 Å². The van der Waals surface area contributed by atoms with Crippen molar-refractivity contribution in [3.63, 3.8) is 0 Å². The summed E-state index contributed by atoms with van der Waals surface area (Å²) in [6, 6.07) is 5.30. The Bertz CT molecular complexity index is 474. The number of alkyl halides is 3. The number of halogens is 4. The zero-order valence-electron chi connectivity index (χ0n) is 11.5. The van der Waals surface area contributed by atoms with E-state index in [1.165, 1.54) is 4.90 Å². The van der Waals surface area contributed by atoms with Gasteiger partial charge in [-0.25, -0.2) is 0 Å². The van der Waals surface area contributed by atoms with Crippen LogP contribution in [0.4, 0.5) is 18.9 Å². The second-order valence-electron chi connectivity index (χ2n) is 5.28. The number of nitrogens with zero attached hydrogens (tertiary/aromatic N) is 1. The molecule has 0 unspecified atom stereocenters. The standard InChI is InChI=1S/C14H18ClF3N2O/c15-12-2-1-10(8-21)7-13(12)19-11-3-5-20(6-4-11)9-14(16,17)18/h1-2,7,11,19,21H,3-6,8-9H2. The lowest BCUT2D eigenvalue weighted by atomic mass is 10.0. The van der Waals surface area contributed by atoms with Gasteiger partial charge in [-0.15, -0.1) is 0 Å². The molecule has 118 valence electrons. The molecule has 1 heterocycles. The third kappa shape index (κ3) is 5.05. The van der Waals surface area contributed by atoms with Gasteiger partial charge >= 0.3 is 6.18 Å². The molecule has 3 nitrogen and oxygen atoms in total. The van der Waals surface area contributed by atoms with Crippen molar-refractivity contribution in [2.24, 2.45) is 0 Å². The molecule has 0 radical (unpaired) electrons. The monoisotopic (exact) mass is 322 g/mol. The minimum atomic E-state index is -4.14. The van der Waals surface area contributed by atoms with Crippen molar-refractivity contribution in [1.82, 2.24) is 4.90 Å². The highest BCUT2D eigenvalue weighted by molar-refractivity contribution is 6.33. The van der Waals surface area contributed by atoms with E-state index < -0.39 is 12.7 Å². The van der Waals surface area contributed by atoms with Crippen molar-refractivity contribution < 1.29 is 18.3 Å². The quantitative estimate of drug-likeness (QED) is 0.893. The van der Waals surface area contributed by atoms with Crippen LogP contribution in [0.25, 0.3) is 0 Å². The molecule has 0 saturated carbocycles. The third-order valence-corrected chi connectivity index (χ3v) is 3.89. The summed E-state index contributed by atoms with van der Waals surface area (Å²) in [5, 5.41) is 12.9. The van der Waals surface area contributed by atoms with E-state index in [0.717, 1.165) is 11.3 Å². The first-order chi connectivity index (χ1) is 9.87. The maximum Gasteiger partial charge on any atom is 0.401 e. The number of hydrogen-bond donors (Lipinski definition) is 2. The SMILES string of the molecule is OCc1ccc(Cl)c(NC2CCN(CC(F)(F)F)CC2)c1. The van der Waals surface area contributed by atoms with Crippen molar-refractivity contribution in [3.8, 4) is 0 Å². The van der Waals surface area contributed by atoms with E-state index in [4.69, 9.17) is 16.7 Å². The minimum Gasteiger partial charge on any atom is -0.392 e. The Morgan fingerprint density at radius 3 is 2.52 bits per heavy atom. The molecular weight excluding hydrogens is 305 g/mol. The van der Waals surface area contributed by atoms with Gasteiger partial charge in [-0.1, -0.05) is 17.7 Å². The Morgan fingerprint density at radius 1 is 1.29 bits per heavy atom. The summed E-state index contributed by atoms with van der Waals surface area (Å²) in [4.78, 5) is 1.42. The van der Waals surface area contributed by atoms with E-state index >= 15 is 0 Å². The number of aliphatic hydroxyl groups excluding tert-OH is 1. The molecule has 0 bridgehead atoms. The Labute approximate surface area is 126 Å². The van der Waals surface area contributed by atoms with Crippen LogP contribution in [0.15, 0.2) is 18.2 Å². The highest BCUT2D eigenvalue weighted by Crippen LogP contribution is 2.26. The van der Waals surface area contributed by atoms with Crippen LogP contribution in [0.1, 0.15) is 18.4 Å². The molecular formula is C14H18ClF3N2O. The molecule has 1 saturated heterocycles. The second kappa shape index (κ2) is 6.85. The van der Waals surface area contributed by atoms with Crippen LogP contribution >= 0.6 is 11.6 Å². The number of benzene rings is 1. The van der Waals surface area contributed by atoms with Crippen molar-refractivity contribution in [2.45, 2.75) is 31.7 Å². The fourth-order valence-electron chi connectivity index (χ4n) is 2.49. The van der Waals surface area contributed by atoms with Crippen LogP contribution in [-0.4, -0.2) is 41.9 Å². The van der Waals surface area contributed by atoms with Crippen LogP contribution in [0.3, 0.4) is 0 Å². The molecule has 21 heavy (non-hydrogen) atoms. The van der Waals surface area contributed by atoms with Gasteiger partial charge in [-0.3, -0.25) is 4.90 Å². The molecule has 2 rings (SSSR count). The fourth-order valence-corrected chi connectivity index (χ4v) is 2.66. The average Bonchev–Trinajstić information content (AvgIpc) is 2.42. The highest BCUT2D eigenvalue weighted by atomic mass is 35.5. The first kappa shape index (κ1) is 16.4. The molecule has 0 aliphatic carbocycles. The normalized spacial score (nSPS) is 18.0. The number of anilines is 1. The van der Waals surface area contributed by atoms with Gasteiger partial charge in [0.25, 0.3) is 0 Å². The molecule has 1 aliphatic rings. The lowest BCUT2D eigenvalue weighted by Crippen LogP contribution is -2.43. The summed E-state index contributed by atoms with van der Waals surface area (Å²) in [6.07, 6.45) is -2.87. The Hall–Kier alpha value is -0.980. The maximum absolute atomic E-state index is 12.3. The van der Waals surface area contributed by atoms with Gasteiger partial charge in [-0.2, -0.15) is 13.2 Å². The molecule has 1 aromatic rings. The van der Waals surface area contributed by atoms with Crippen LogP contribution < -0.4 is 5.32 Å². The van der Waals surface area contributed by atoms with Crippen LogP contribution in [0.5, 0.6) is 0 Å².